The van der Waals surface area contributed by atoms with Gasteiger partial charge in [0.1, 0.15) is 11.5 Å². The standard InChI is InChI=1S/C7H8F2N2O/c8-7(9)2-1-5-6(7)4(3-10)11-12-5/h1-3,10H2. The summed E-state index contributed by atoms with van der Waals surface area (Å²) in [4.78, 5) is 0. The number of nitrogens with zero attached hydrogens (tertiary/aromatic N) is 1. The molecule has 0 spiro atoms. The van der Waals surface area contributed by atoms with Gasteiger partial charge in [-0.25, -0.2) is 8.78 Å². The van der Waals surface area contributed by atoms with Crippen LogP contribution in [0.3, 0.4) is 0 Å². The Balaban J connectivity index is 2.53. The van der Waals surface area contributed by atoms with Gasteiger partial charge in [-0.05, 0) is 0 Å². The van der Waals surface area contributed by atoms with Crippen molar-refractivity contribution < 1.29 is 13.3 Å². The summed E-state index contributed by atoms with van der Waals surface area (Å²) in [6.07, 6.45) is 0.0754. The van der Waals surface area contributed by atoms with E-state index in [1.54, 1.807) is 0 Å². The van der Waals surface area contributed by atoms with Gasteiger partial charge in [0.2, 0.25) is 0 Å². The van der Waals surface area contributed by atoms with Crippen molar-refractivity contribution in [3.8, 4) is 0 Å². The van der Waals surface area contributed by atoms with Crippen LogP contribution in [0.5, 0.6) is 0 Å². The molecule has 0 bridgehead atoms. The first-order chi connectivity index (χ1) is 5.65. The van der Waals surface area contributed by atoms with Crippen molar-refractivity contribution >= 4 is 0 Å². The Morgan fingerprint density at radius 3 is 3.00 bits per heavy atom. The van der Waals surface area contributed by atoms with E-state index >= 15 is 0 Å². The molecule has 12 heavy (non-hydrogen) atoms. The SMILES string of the molecule is NCc1noc2c1C(F)(F)CC2. The first kappa shape index (κ1) is 7.67. The zero-order valence-corrected chi connectivity index (χ0v) is 6.31. The zero-order valence-electron chi connectivity index (χ0n) is 6.31. The molecule has 0 aromatic carbocycles. The highest BCUT2D eigenvalue weighted by atomic mass is 19.3. The molecule has 0 saturated carbocycles. The normalized spacial score (nSPS) is 19.6. The predicted octanol–water partition coefficient (Wildman–Crippen LogP) is 1.17. The van der Waals surface area contributed by atoms with Gasteiger partial charge >= 0.3 is 0 Å². The molecule has 0 radical (unpaired) electrons. The molecule has 2 rings (SSSR count). The molecule has 0 saturated heterocycles. The van der Waals surface area contributed by atoms with Crippen molar-refractivity contribution in [3.05, 3.63) is 17.0 Å². The highest BCUT2D eigenvalue weighted by Crippen LogP contribution is 2.43. The van der Waals surface area contributed by atoms with Crippen LogP contribution < -0.4 is 5.73 Å². The maximum Gasteiger partial charge on any atom is 0.278 e. The molecule has 0 aliphatic heterocycles. The molecule has 0 amide bonds. The maximum absolute atomic E-state index is 13.1. The van der Waals surface area contributed by atoms with Crippen LogP contribution in [0.15, 0.2) is 4.52 Å². The van der Waals surface area contributed by atoms with Crippen molar-refractivity contribution in [1.82, 2.24) is 5.16 Å². The van der Waals surface area contributed by atoms with Crippen LogP contribution in [0, 0.1) is 0 Å². The first-order valence-electron chi connectivity index (χ1n) is 3.71. The smallest absolute Gasteiger partial charge is 0.278 e. The number of halogens is 2. The Kier molecular flexibility index (Phi) is 1.44. The van der Waals surface area contributed by atoms with E-state index in [4.69, 9.17) is 10.3 Å². The molecule has 1 aliphatic rings. The van der Waals surface area contributed by atoms with Gasteiger partial charge in [0.15, 0.2) is 0 Å². The van der Waals surface area contributed by atoms with E-state index in [1.807, 2.05) is 0 Å². The summed E-state index contributed by atoms with van der Waals surface area (Å²) in [5.41, 5.74) is 5.34. The van der Waals surface area contributed by atoms with E-state index in [1.165, 1.54) is 0 Å². The van der Waals surface area contributed by atoms with Gasteiger partial charge in [0, 0.05) is 19.4 Å². The lowest BCUT2D eigenvalue weighted by molar-refractivity contribution is -0.00290. The molecule has 1 aromatic rings. The van der Waals surface area contributed by atoms with E-state index < -0.39 is 5.92 Å². The van der Waals surface area contributed by atoms with Crippen molar-refractivity contribution in [1.29, 1.82) is 0 Å². The summed E-state index contributed by atoms with van der Waals surface area (Å²) in [7, 11) is 0. The summed E-state index contributed by atoms with van der Waals surface area (Å²) < 4.78 is 30.8. The molecule has 0 atom stereocenters. The van der Waals surface area contributed by atoms with Gasteiger partial charge in [-0.3, -0.25) is 0 Å². The number of hydrogen-bond donors (Lipinski definition) is 1. The fourth-order valence-electron chi connectivity index (χ4n) is 1.48. The number of aromatic nitrogens is 1. The Morgan fingerprint density at radius 1 is 1.58 bits per heavy atom. The topological polar surface area (TPSA) is 52.0 Å². The lowest BCUT2D eigenvalue weighted by atomic mass is 10.1. The van der Waals surface area contributed by atoms with Crippen LogP contribution in [-0.4, -0.2) is 5.16 Å². The monoisotopic (exact) mass is 174 g/mol. The van der Waals surface area contributed by atoms with Crippen molar-refractivity contribution in [2.45, 2.75) is 25.3 Å². The second-order valence-electron chi connectivity index (χ2n) is 2.84. The minimum atomic E-state index is -2.79. The number of aryl methyl sites for hydroxylation is 1. The highest BCUT2D eigenvalue weighted by Gasteiger charge is 2.44. The van der Waals surface area contributed by atoms with Crippen molar-refractivity contribution in [3.63, 3.8) is 0 Å². The van der Waals surface area contributed by atoms with Gasteiger partial charge < -0.3 is 10.3 Å². The molecule has 0 unspecified atom stereocenters. The average molecular weight is 174 g/mol. The minimum absolute atomic E-state index is 0.00836. The number of rotatable bonds is 1. The van der Waals surface area contributed by atoms with Crippen LogP contribution in [0.25, 0.3) is 0 Å². The number of nitrogens with two attached hydrogens (primary N) is 1. The Morgan fingerprint density at radius 2 is 2.33 bits per heavy atom. The van der Waals surface area contributed by atoms with E-state index in [0.717, 1.165) is 0 Å². The second-order valence-corrected chi connectivity index (χ2v) is 2.84. The molecule has 1 heterocycles. The van der Waals surface area contributed by atoms with Crippen molar-refractivity contribution in [2.75, 3.05) is 0 Å². The predicted molar refractivity (Wildman–Crippen MR) is 36.6 cm³/mol. The molecule has 5 heteroatoms. The van der Waals surface area contributed by atoms with Gasteiger partial charge in [0.25, 0.3) is 5.92 Å². The molecular weight excluding hydrogens is 166 g/mol. The summed E-state index contributed by atoms with van der Waals surface area (Å²) in [6, 6.07) is 0. The van der Waals surface area contributed by atoms with Crippen LogP contribution in [0.2, 0.25) is 0 Å². The van der Waals surface area contributed by atoms with Crippen molar-refractivity contribution in [2.24, 2.45) is 5.73 Å². The molecule has 2 N–H and O–H groups in total. The third-order valence-electron chi connectivity index (χ3n) is 2.06. The zero-order chi connectivity index (χ0) is 8.77. The minimum Gasteiger partial charge on any atom is -0.361 e. The lowest BCUT2D eigenvalue weighted by Gasteiger charge is -2.07. The Labute approximate surface area is 67.5 Å². The van der Waals surface area contributed by atoms with Crippen LogP contribution >= 0.6 is 0 Å². The summed E-state index contributed by atoms with van der Waals surface area (Å²) in [5, 5.41) is 3.47. The highest BCUT2D eigenvalue weighted by molar-refractivity contribution is 5.32. The summed E-state index contributed by atoms with van der Waals surface area (Å²) in [6.45, 7) is 0.00836. The van der Waals surface area contributed by atoms with Gasteiger partial charge in [-0.1, -0.05) is 5.16 Å². The Hall–Kier alpha value is -0.970. The maximum atomic E-state index is 13.1. The van der Waals surface area contributed by atoms with Crippen LogP contribution in [0.1, 0.15) is 23.4 Å². The quantitative estimate of drug-likeness (QED) is 0.695. The van der Waals surface area contributed by atoms with E-state index in [2.05, 4.69) is 5.16 Å². The number of hydrogen-bond acceptors (Lipinski definition) is 3. The molecular formula is C7H8F2N2O. The van der Waals surface area contributed by atoms with Gasteiger partial charge in [0.05, 0.1) is 5.56 Å². The number of fused-ring (bicyclic) bond motifs is 1. The molecule has 0 fully saturated rings. The largest absolute Gasteiger partial charge is 0.361 e. The molecule has 3 nitrogen and oxygen atoms in total. The second kappa shape index (κ2) is 2.26. The van der Waals surface area contributed by atoms with E-state index in [0.29, 0.717) is 5.76 Å². The van der Waals surface area contributed by atoms with E-state index in [9.17, 15) is 8.78 Å². The lowest BCUT2D eigenvalue weighted by Crippen LogP contribution is -2.12. The summed E-state index contributed by atoms with van der Waals surface area (Å²) >= 11 is 0. The summed E-state index contributed by atoms with van der Waals surface area (Å²) in [5.74, 6) is -2.50. The van der Waals surface area contributed by atoms with Crippen LogP contribution in [-0.2, 0) is 18.9 Å². The van der Waals surface area contributed by atoms with E-state index in [-0.39, 0.29) is 30.6 Å². The Bertz CT molecular complexity index is 308. The third kappa shape index (κ3) is 0.859. The molecule has 1 aromatic heterocycles. The van der Waals surface area contributed by atoms with Gasteiger partial charge in [-0.2, -0.15) is 0 Å². The van der Waals surface area contributed by atoms with Crippen LogP contribution in [0.4, 0.5) is 8.78 Å². The number of alkyl halides is 2. The fraction of sp³-hybridized carbons (Fsp3) is 0.571. The first-order valence-corrected chi connectivity index (χ1v) is 3.71. The van der Waals surface area contributed by atoms with Gasteiger partial charge in [-0.15, -0.1) is 0 Å². The molecule has 66 valence electrons. The molecule has 1 aliphatic carbocycles. The average Bonchev–Trinajstić information content (AvgIpc) is 2.53. The fourth-order valence-corrected chi connectivity index (χ4v) is 1.48. The third-order valence-corrected chi connectivity index (χ3v) is 2.06.